The van der Waals surface area contributed by atoms with E-state index in [0.29, 0.717) is 36.2 Å². The van der Waals surface area contributed by atoms with Gasteiger partial charge in [-0.15, -0.1) is 12.4 Å². The first kappa shape index (κ1) is 15.9. The van der Waals surface area contributed by atoms with E-state index in [1.54, 1.807) is 18.2 Å². The van der Waals surface area contributed by atoms with Crippen LogP contribution < -0.4 is 20.1 Å². The maximum Gasteiger partial charge on any atom is 0.251 e. The van der Waals surface area contributed by atoms with Crippen LogP contribution in [-0.4, -0.2) is 38.3 Å². The second-order valence-corrected chi connectivity index (χ2v) is 5.41. The average molecular weight is 313 g/mol. The van der Waals surface area contributed by atoms with Gasteiger partial charge in [0.2, 0.25) is 0 Å². The zero-order valence-electron chi connectivity index (χ0n) is 12.1. The lowest BCUT2D eigenvalue weighted by Crippen LogP contribution is -2.50. The van der Waals surface area contributed by atoms with Crippen molar-refractivity contribution in [1.82, 2.24) is 10.6 Å². The van der Waals surface area contributed by atoms with Crippen molar-refractivity contribution in [2.75, 3.05) is 26.3 Å². The highest BCUT2D eigenvalue weighted by Gasteiger charge is 2.23. The van der Waals surface area contributed by atoms with Crippen LogP contribution in [0.25, 0.3) is 0 Å². The average Bonchev–Trinajstić information content (AvgIpc) is 2.49. The smallest absolute Gasteiger partial charge is 0.251 e. The summed E-state index contributed by atoms with van der Waals surface area (Å²) < 4.78 is 11.0. The number of ether oxygens (including phenoxy) is 2. The van der Waals surface area contributed by atoms with Crippen LogP contribution in [0.2, 0.25) is 0 Å². The van der Waals surface area contributed by atoms with Gasteiger partial charge in [0.1, 0.15) is 13.2 Å². The van der Waals surface area contributed by atoms with Crippen molar-refractivity contribution in [2.24, 2.45) is 5.92 Å². The third-order valence-corrected chi connectivity index (χ3v) is 3.95. The molecular formula is C15H21ClN2O3. The molecule has 0 radical (unpaired) electrons. The second-order valence-electron chi connectivity index (χ2n) is 5.41. The number of nitrogens with one attached hydrogen (secondary N) is 2. The molecule has 5 nitrogen and oxygen atoms in total. The quantitative estimate of drug-likeness (QED) is 0.871. The van der Waals surface area contributed by atoms with Crippen LogP contribution in [0.15, 0.2) is 18.2 Å². The lowest BCUT2D eigenvalue weighted by molar-refractivity contribution is 0.0914. The number of fused-ring (bicyclic) bond motifs is 1. The van der Waals surface area contributed by atoms with Crippen molar-refractivity contribution in [3.05, 3.63) is 23.8 Å². The largest absolute Gasteiger partial charge is 0.486 e. The molecule has 6 heteroatoms. The Kier molecular flexibility index (Phi) is 5.31. The van der Waals surface area contributed by atoms with Gasteiger partial charge in [0.25, 0.3) is 5.91 Å². The molecule has 21 heavy (non-hydrogen) atoms. The number of carbonyl (C=O) groups excluding carboxylic acids is 1. The summed E-state index contributed by atoms with van der Waals surface area (Å²) in [4.78, 5) is 12.3. The number of benzene rings is 1. The Labute approximate surface area is 130 Å². The van der Waals surface area contributed by atoms with Crippen molar-refractivity contribution >= 4 is 18.3 Å². The molecule has 0 saturated carbocycles. The third-order valence-electron chi connectivity index (χ3n) is 3.95. The highest BCUT2D eigenvalue weighted by molar-refractivity contribution is 5.95. The summed E-state index contributed by atoms with van der Waals surface area (Å²) in [5.74, 6) is 1.80. The van der Waals surface area contributed by atoms with Gasteiger partial charge in [0, 0.05) is 18.2 Å². The summed E-state index contributed by atoms with van der Waals surface area (Å²) in [6, 6.07) is 5.52. The fourth-order valence-corrected chi connectivity index (χ4v) is 2.62. The molecule has 0 aliphatic carbocycles. The molecule has 0 bridgehead atoms. The first-order chi connectivity index (χ1) is 9.74. The highest BCUT2D eigenvalue weighted by Crippen LogP contribution is 2.30. The zero-order chi connectivity index (χ0) is 13.9. The van der Waals surface area contributed by atoms with Crippen LogP contribution in [0.1, 0.15) is 23.7 Å². The Morgan fingerprint density at radius 2 is 2.05 bits per heavy atom. The molecule has 1 saturated heterocycles. The van der Waals surface area contributed by atoms with E-state index in [1.165, 1.54) is 0 Å². The summed E-state index contributed by atoms with van der Waals surface area (Å²) in [5.41, 5.74) is 0.618. The Morgan fingerprint density at radius 1 is 1.29 bits per heavy atom. The van der Waals surface area contributed by atoms with Crippen molar-refractivity contribution in [3.8, 4) is 11.5 Å². The van der Waals surface area contributed by atoms with E-state index < -0.39 is 0 Å². The molecule has 3 rings (SSSR count). The highest BCUT2D eigenvalue weighted by atomic mass is 35.5. The SMILES string of the molecule is CC1CCNCC1NC(=O)c1ccc2c(c1)OCCO2.Cl. The standard InChI is InChI=1S/C15H20N2O3.ClH/c1-10-4-5-16-9-12(10)17-15(18)11-2-3-13-14(8-11)20-7-6-19-13;/h2-3,8,10,12,16H,4-7,9H2,1H3,(H,17,18);1H. The number of amides is 1. The van der Waals surface area contributed by atoms with Crippen LogP contribution in [0.4, 0.5) is 0 Å². The van der Waals surface area contributed by atoms with Gasteiger partial charge in [0.05, 0.1) is 0 Å². The summed E-state index contributed by atoms with van der Waals surface area (Å²) in [5, 5.41) is 6.41. The van der Waals surface area contributed by atoms with Crippen molar-refractivity contribution in [1.29, 1.82) is 0 Å². The topological polar surface area (TPSA) is 59.6 Å². The van der Waals surface area contributed by atoms with E-state index in [1.807, 2.05) is 0 Å². The van der Waals surface area contributed by atoms with Gasteiger partial charge in [-0.3, -0.25) is 4.79 Å². The molecule has 2 heterocycles. The molecule has 2 aliphatic heterocycles. The molecule has 1 amide bonds. The molecule has 116 valence electrons. The van der Waals surface area contributed by atoms with Crippen LogP contribution in [0, 0.1) is 5.92 Å². The number of carbonyl (C=O) groups is 1. The first-order valence-corrected chi connectivity index (χ1v) is 7.15. The van der Waals surface area contributed by atoms with Gasteiger partial charge in [-0.25, -0.2) is 0 Å². The predicted octanol–water partition coefficient (Wildman–Crippen LogP) is 1.61. The number of piperidine rings is 1. The van der Waals surface area contributed by atoms with Gasteiger partial charge in [-0.05, 0) is 37.1 Å². The number of hydrogen-bond donors (Lipinski definition) is 2. The van der Waals surface area contributed by atoms with E-state index >= 15 is 0 Å². The molecule has 2 atom stereocenters. The Hall–Kier alpha value is -1.46. The minimum Gasteiger partial charge on any atom is -0.486 e. The fraction of sp³-hybridized carbons (Fsp3) is 0.533. The molecule has 2 N–H and O–H groups in total. The Balaban J connectivity index is 0.00000161. The maximum atomic E-state index is 12.3. The maximum absolute atomic E-state index is 12.3. The second kappa shape index (κ2) is 7.00. The van der Waals surface area contributed by atoms with E-state index in [-0.39, 0.29) is 24.4 Å². The van der Waals surface area contributed by atoms with Crippen LogP contribution >= 0.6 is 12.4 Å². The van der Waals surface area contributed by atoms with E-state index in [0.717, 1.165) is 19.5 Å². The zero-order valence-corrected chi connectivity index (χ0v) is 12.9. The van der Waals surface area contributed by atoms with Gasteiger partial charge in [-0.2, -0.15) is 0 Å². The van der Waals surface area contributed by atoms with Crippen molar-refractivity contribution < 1.29 is 14.3 Å². The Morgan fingerprint density at radius 3 is 2.81 bits per heavy atom. The molecule has 2 aliphatic rings. The van der Waals surface area contributed by atoms with E-state index in [2.05, 4.69) is 17.6 Å². The van der Waals surface area contributed by atoms with Gasteiger partial charge < -0.3 is 20.1 Å². The van der Waals surface area contributed by atoms with E-state index in [4.69, 9.17) is 9.47 Å². The van der Waals surface area contributed by atoms with Crippen LogP contribution in [0.3, 0.4) is 0 Å². The van der Waals surface area contributed by atoms with Crippen molar-refractivity contribution in [2.45, 2.75) is 19.4 Å². The predicted molar refractivity (Wildman–Crippen MR) is 82.6 cm³/mol. The summed E-state index contributed by atoms with van der Waals surface area (Å²) in [6.07, 6.45) is 1.09. The molecule has 0 aromatic heterocycles. The van der Waals surface area contributed by atoms with Crippen LogP contribution in [-0.2, 0) is 0 Å². The van der Waals surface area contributed by atoms with Gasteiger partial charge in [0.15, 0.2) is 11.5 Å². The van der Waals surface area contributed by atoms with Gasteiger partial charge >= 0.3 is 0 Å². The summed E-state index contributed by atoms with van der Waals surface area (Å²) in [6.45, 7) is 5.12. The summed E-state index contributed by atoms with van der Waals surface area (Å²) in [7, 11) is 0. The Bertz CT molecular complexity index is 510. The molecule has 2 unspecified atom stereocenters. The third kappa shape index (κ3) is 3.60. The lowest BCUT2D eigenvalue weighted by atomic mass is 9.94. The number of rotatable bonds is 2. The molecular weight excluding hydrogens is 292 g/mol. The lowest BCUT2D eigenvalue weighted by Gasteiger charge is -2.30. The first-order valence-electron chi connectivity index (χ1n) is 7.15. The molecule has 0 spiro atoms. The monoisotopic (exact) mass is 312 g/mol. The van der Waals surface area contributed by atoms with E-state index in [9.17, 15) is 4.79 Å². The minimum atomic E-state index is -0.0532. The number of halogens is 1. The molecule has 1 aromatic carbocycles. The van der Waals surface area contributed by atoms with Crippen molar-refractivity contribution in [3.63, 3.8) is 0 Å². The normalized spacial score (nSPS) is 23.9. The molecule has 1 fully saturated rings. The fourth-order valence-electron chi connectivity index (χ4n) is 2.62. The van der Waals surface area contributed by atoms with Crippen LogP contribution in [0.5, 0.6) is 11.5 Å². The molecule has 1 aromatic rings. The van der Waals surface area contributed by atoms with Gasteiger partial charge in [-0.1, -0.05) is 6.92 Å². The summed E-state index contributed by atoms with van der Waals surface area (Å²) >= 11 is 0. The minimum absolute atomic E-state index is 0. The number of hydrogen-bond acceptors (Lipinski definition) is 4.